The molecule has 8 aromatic rings. The number of hydrogen-bond donors (Lipinski definition) is 0. The van der Waals surface area contributed by atoms with Crippen molar-refractivity contribution in [2.75, 3.05) is 0 Å². The molecule has 0 saturated heterocycles. The van der Waals surface area contributed by atoms with Gasteiger partial charge >= 0.3 is 0 Å². The molecule has 178 valence electrons. The van der Waals surface area contributed by atoms with E-state index in [1.165, 1.54) is 38.2 Å². The lowest BCUT2D eigenvalue weighted by molar-refractivity contribution is 0.620. The van der Waals surface area contributed by atoms with Crippen LogP contribution in [0.3, 0.4) is 0 Å². The summed E-state index contributed by atoms with van der Waals surface area (Å²) in [6, 6.07) is 46.9. The first-order valence-electron chi connectivity index (χ1n) is 12.8. The molecular formula is C35H22N2O. The number of rotatable bonds is 3. The molecule has 38 heavy (non-hydrogen) atoms. The number of para-hydroxylation sites is 3. The maximum Gasteiger partial charge on any atom is 0.227 e. The Bertz CT molecular complexity index is 2100. The molecule has 0 saturated carbocycles. The van der Waals surface area contributed by atoms with E-state index in [4.69, 9.17) is 9.40 Å². The van der Waals surface area contributed by atoms with Crippen molar-refractivity contribution in [1.29, 1.82) is 0 Å². The van der Waals surface area contributed by atoms with Crippen molar-refractivity contribution in [2.24, 2.45) is 0 Å². The van der Waals surface area contributed by atoms with Crippen molar-refractivity contribution in [1.82, 2.24) is 9.55 Å². The highest BCUT2D eigenvalue weighted by atomic mass is 16.3. The fraction of sp³-hybridized carbons (Fsp3) is 0. The van der Waals surface area contributed by atoms with Crippen LogP contribution in [0.25, 0.3) is 71.9 Å². The first-order chi connectivity index (χ1) is 18.8. The zero-order valence-electron chi connectivity index (χ0n) is 20.5. The lowest BCUT2D eigenvalue weighted by Gasteiger charge is -2.10. The Kier molecular flexibility index (Phi) is 4.52. The van der Waals surface area contributed by atoms with E-state index in [-0.39, 0.29) is 0 Å². The second-order valence-electron chi connectivity index (χ2n) is 9.68. The van der Waals surface area contributed by atoms with Gasteiger partial charge in [0.25, 0.3) is 0 Å². The molecule has 0 amide bonds. The van der Waals surface area contributed by atoms with Crippen LogP contribution in [0.5, 0.6) is 0 Å². The Morgan fingerprint density at radius 3 is 2.11 bits per heavy atom. The third kappa shape index (κ3) is 3.26. The summed E-state index contributed by atoms with van der Waals surface area (Å²) in [6.45, 7) is 0. The molecule has 0 N–H and O–H groups in total. The summed E-state index contributed by atoms with van der Waals surface area (Å²) in [5, 5.41) is 4.90. The monoisotopic (exact) mass is 486 g/mol. The topological polar surface area (TPSA) is 31.0 Å². The first kappa shape index (κ1) is 21.0. The van der Waals surface area contributed by atoms with Crippen LogP contribution in [0.1, 0.15) is 0 Å². The predicted octanol–water partition coefficient (Wildman–Crippen LogP) is 9.41. The fourth-order valence-corrected chi connectivity index (χ4v) is 5.55. The van der Waals surface area contributed by atoms with E-state index >= 15 is 0 Å². The minimum atomic E-state index is 0.643. The van der Waals surface area contributed by atoms with Gasteiger partial charge in [-0.05, 0) is 76.5 Å². The van der Waals surface area contributed by atoms with Gasteiger partial charge in [0, 0.05) is 22.0 Å². The Morgan fingerprint density at radius 2 is 1.21 bits per heavy atom. The average molecular weight is 487 g/mol. The number of oxazole rings is 1. The minimum absolute atomic E-state index is 0.643. The molecule has 0 aliphatic rings. The van der Waals surface area contributed by atoms with Gasteiger partial charge in [0.1, 0.15) is 5.52 Å². The molecule has 0 spiro atoms. The van der Waals surface area contributed by atoms with Gasteiger partial charge in [-0.25, -0.2) is 4.98 Å². The maximum atomic E-state index is 6.07. The van der Waals surface area contributed by atoms with Crippen LogP contribution in [-0.4, -0.2) is 9.55 Å². The molecule has 2 heterocycles. The van der Waals surface area contributed by atoms with Gasteiger partial charge in [-0.3, -0.25) is 0 Å². The highest BCUT2D eigenvalue weighted by molar-refractivity contribution is 6.10. The van der Waals surface area contributed by atoms with E-state index in [1.807, 2.05) is 24.3 Å². The third-order valence-electron chi connectivity index (χ3n) is 7.42. The largest absolute Gasteiger partial charge is 0.436 e. The highest BCUT2D eigenvalue weighted by Crippen LogP contribution is 2.36. The molecule has 3 heteroatoms. The Labute approximate surface area is 219 Å². The van der Waals surface area contributed by atoms with Gasteiger partial charge in [-0.1, -0.05) is 78.9 Å². The number of benzene rings is 6. The van der Waals surface area contributed by atoms with E-state index in [0.717, 1.165) is 27.9 Å². The van der Waals surface area contributed by atoms with Gasteiger partial charge in [-0.2, -0.15) is 0 Å². The Balaban J connectivity index is 1.25. The lowest BCUT2D eigenvalue weighted by atomic mass is 10.0. The van der Waals surface area contributed by atoms with Gasteiger partial charge < -0.3 is 8.98 Å². The number of fused-ring (bicyclic) bond motifs is 5. The molecule has 3 nitrogen and oxygen atoms in total. The van der Waals surface area contributed by atoms with Crippen molar-refractivity contribution in [3.8, 4) is 28.3 Å². The van der Waals surface area contributed by atoms with Crippen molar-refractivity contribution in [3.63, 3.8) is 0 Å². The van der Waals surface area contributed by atoms with Crippen LogP contribution in [0.4, 0.5) is 0 Å². The van der Waals surface area contributed by atoms with Gasteiger partial charge in [0.2, 0.25) is 5.89 Å². The summed E-state index contributed by atoms with van der Waals surface area (Å²) in [4.78, 5) is 4.72. The van der Waals surface area contributed by atoms with Crippen molar-refractivity contribution in [2.45, 2.75) is 0 Å². The molecule has 0 aliphatic carbocycles. The minimum Gasteiger partial charge on any atom is -0.436 e. The van der Waals surface area contributed by atoms with Gasteiger partial charge in [-0.15, -0.1) is 0 Å². The Morgan fingerprint density at radius 1 is 0.500 bits per heavy atom. The van der Waals surface area contributed by atoms with E-state index in [9.17, 15) is 0 Å². The second kappa shape index (κ2) is 8.19. The van der Waals surface area contributed by atoms with E-state index < -0.39 is 0 Å². The zero-order valence-corrected chi connectivity index (χ0v) is 20.5. The zero-order chi connectivity index (χ0) is 25.1. The molecule has 0 radical (unpaired) electrons. The Hall–Kier alpha value is -5.15. The van der Waals surface area contributed by atoms with Crippen LogP contribution in [0, 0.1) is 0 Å². The number of hydrogen-bond acceptors (Lipinski definition) is 2. The molecule has 6 aromatic carbocycles. The first-order valence-corrected chi connectivity index (χ1v) is 12.8. The summed E-state index contributed by atoms with van der Waals surface area (Å²) >= 11 is 0. The number of nitrogens with zero attached hydrogens (tertiary/aromatic N) is 2. The summed E-state index contributed by atoms with van der Waals surface area (Å²) in [7, 11) is 0. The van der Waals surface area contributed by atoms with Crippen LogP contribution < -0.4 is 0 Å². The molecule has 2 aromatic heterocycles. The predicted molar refractivity (Wildman–Crippen MR) is 157 cm³/mol. The molecule has 8 rings (SSSR count). The highest BCUT2D eigenvalue weighted by Gasteiger charge is 2.15. The second-order valence-corrected chi connectivity index (χ2v) is 9.68. The quantitative estimate of drug-likeness (QED) is 0.249. The van der Waals surface area contributed by atoms with E-state index in [0.29, 0.717) is 5.89 Å². The molecule has 0 atom stereocenters. The normalized spacial score (nSPS) is 11.7. The summed E-state index contributed by atoms with van der Waals surface area (Å²) in [5.74, 6) is 0.643. The summed E-state index contributed by atoms with van der Waals surface area (Å²) < 4.78 is 8.41. The summed E-state index contributed by atoms with van der Waals surface area (Å²) in [6.07, 6.45) is 0. The third-order valence-corrected chi connectivity index (χ3v) is 7.42. The van der Waals surface area contributed by atoms with Crippen LogP contribution >= 0.6 is 0 Å². The van der Waals surface area contributed by atoms with Crippen LogP contribution in [0.2, 0.25) is 0 Å². The molecule has 0 fully saturated rings. The molecule has 0 aliphatic heterocycles. The average Bonchev–Trinajstić information content (AvgIpc) is 3.56. The van der Waals surface area contributed by atoms with Crippen molar-refractivity contribution in [3.05, 3.63) is 133 Å². The van der Waals surface area contributed by atoms with E-state index in [1.54, 1.807) is 0 Å². The van der Waals surface area contributed by atoms with Crippen molar-refractivity contribution >= 4 is 43.7 Å². The maximum absolute atomic E-state index is 6.07. The van der Waals surface area contributed by atoms with Crippen molar-refractivity contribution < 1.29 is 4.42 Å². The molecule has 0 bridgehead atoms. The number of aromatic nitrogens is 2. The van der Waals surface area contributed by atoms with Gasteiger partial charge in [0.15, 0.2) is 5.58 Å². The summed E-state index contributed by atoms with van der Waals surface area (Å²) in [5.41, 5.74) is 8.55. The van der Waals surface area contributed by atoms with Crippen LogP contribution in [-0.2, 0) is 0 Å². The fourth-order valence-electron chi connectivity index (χ4n) is 5.55. The van der Waals surface area contributed by atoms with E-state index in [2.05, 4.69) is 114 Å². The smallest absolute Gasteiger partial charge is 0.227 e. The standard InChI is InChI=1S/C35H22N2O/c1-2-8-25-21-26(14-13-23(25)7-1)24-15-18-28(19-16-24)37-32-11-5-3-9-29(32)30-22-27(17-20-33(30)37)35-36-31-10-4-6-12-34(31)38-35/h1-22H. The lowest BCUT2D eigenvalue weighted by Crippen LogP contribution is -1.93. The SMILES string of the molecule is c1ccc2cc(-c3ccc(-n4c5ccccc5c5cc(-c6nc7ccccc7o6)ccc54)cc3)ccc2c1. The van der Waals surface area contributed by atoms with Gasteiger partial charge in [0.05, 0.1) is 11.0 Å². The van der Waals surface area contributed by atoms with Crippen LogP contribution in [0.15, 0.2) is 138 Å². The molecule has 0 unspecified atom stereocenters. The molecular weight excluding hydrogens is 464 g/mol.